The fraction of sp³-hybridized carbons (Fsp3) is 0.171. The van der Waals surface area contributed by atoms with Gasteiger partial charge in [-0.2, -0.15) is 0 Å². The molecule has 2 N–H and O–H groups in total. The smallest absolute Gasteiger partial charge is 0.323 e. The van der Waals surface area contributed by atoms with Gasteiger partial charge in [0, 0.05) is 53.8 Å². The molecule has 0 saturated heterocycles. The standard InChI is InChI=1S/C35H33N3O4/c39-33(40)25-38-23-20-30-31(17-10-18-32(30)38)34(41)36-21-24-37(35(42)28-15-8-3-9-16-28)22-19-29(26-11-4-1-5-12-26)27-13-6-2-7-14-27/h1-18,20,23,29H,19,21-22,24-25H2,(H,36,41)(H,39,40). The summed E-state index contributed by atoms with van der Waals surface area (Å²) in [6.07, 6.45) is 2.39. The highest BCUT2D eigenvalue weighted by Crippen LogP contribution is 2.28. The third-order valence-electron chi connectivity index (χ3n) is 7.43. The van der Waals surface area contributed by atoms with Crippen molar-refractivity contribution < 1.29 is 19.5 Å². The van der Waals surface area contributed by atoms with Crippen molar-refractivity contribution >= 4 is 28.7 Å². The first-order valence-corrected chi connectivity index (χ1v) is 14.0. The lowest BCUT2D eigenvalue weighted by atomic mass is 9.88. The maximum atomic E-state index is 13.6. The number of rotatable bonds is 12. The quantitative estimate of drug-likeness (QED) is 0.202. The molecule has 212 valence electrons. The SMILES string of the molecule is O=C(O)Cn1ccc2c(C(=O)NCCN(CCC(c3ccccc3)c3ccccc3)C(=O)c3ccccc3)cccc21. The van der Waals surface area contributed by atoms with Crippen molar-refractivity contribution in [3.8, 4) is 0 Å². The van der Waals surface area contributed by atoms with Crippen LogP contribution in [0.4, 0.5) is 0 Å². The molecule has 0 unspecified atom stereocenters. The van der Waals surface area contributed by atoms with E-state index in [-0.39, 0.29) is 30.8 Å². The van der Waals surface area contributed by atoms with Gasteiger partial charge < -0.3 is 19.9 Å². The molecule has 0 atom stereocenters. The Bertz CT molecular complexity index is 1610. The Balaban J connectivity index is 1.31. The number of aromatic nitrogens is 1. The number of carboxylic acid groups (broad SMARTS) is 1. The summed E-state index contributed by atoms with van der Waals surface area (Å²) in [5.41, 5.74) is 4.12. The van der Waals surface area contributed by atoms with Crippen molar-refractivity contribution in [1.29, 1.82) is 0 Å². The molecule has 7 nitrogen and oxygen atoms in total. The average Bonchev–Trinajstić information content (AvgIpc) is 3.43. The second-order valence-electron chi connectivity index (χ2n) is 10.2. The minimum absolute atomic E-state index is 0.0856. The van der Waals surface area contributed by atoms with Crippen LogP contribution in [-0.4, -0.2) is 52.0 Å². The first-order chi connectivity index (χ1) is 20.5. The third kappa shape index (κ3) is 6.75. The number of carboxylic acids is 1. The maximum Gasteiger partial charge on any atom is 0.323 e. The largest absolute Gasteiger partial charge is 0.480 e. The highest BCUT2D eigenvalue weighted by atomic mass is 16.4. The molecule has 1 aromatic heterocycles. The van der Waals surface area contributed by atoms with Crippen LogP contribution in [0.2, 0.25) is 0 Å². The van der Waals surface area contributed by atoms with E-state index in [0.29, 0.717) is 35.1 Å². The molecule has 0 aliphatic heterocycles. The van der Waals surface area contributed by atoms with Crippen LogP contribution in [-0.2, 0) is 11.3 Å². The molecule has 1 heterocycles. The van der Waals surface area contributed by atoms with Crippen molar-refractivity contribution in [1.82, 2.24) is 14.8 Å². The van der Waals surface area contributed by atoms with Gasteiger partial charge in [0.15, 0.2) is 0 Å². The molecular weight excluding hydrogens is 526 g/mol. The van der Waals surface area contributed by atoms with Crippen LogP contribution < -0.4 is 5.32 Å². The number of fused-ring (bicyclic) bond motifs is 1. The van der Waals surface area contributed by atoms with Crippen molar-refractivity contribution in [2.45, 2.75) is 18.9 Å². The molecule has 0 bridgehead atoms. The van der Waals surface area contributed by atoms with Crippen LogP contribution in [0.25, 0.3) is 10.9 Å². The Morgan fingerprint density at radius 3 is 1.98 bits per heavy atom. The molecule has 7 heteroatoms. The highest BCUT2D eigenvalue weighted by Gasteiger charge is 2.21. The molecule has 0 fully saturated rings. The Kier molecular flexibility index (Phi) is 9.09. The minimum atomic E-state index is -0.952. The Hall–Kier alpha value is -5.17. The summed E-state index contributed by atoms with van der Waals surface area (Å²) in [5.74, 6) is -1.20. The van der Waals surface area contributed by atoms with Gasteiger partial charge in [-0.3, -0.25) is 14.4 Å². The first kappa shape index (κ1) is 28.4. The molecule has 42 heavy (non-hydrogen) atoms. The summed E-state index contributed by atoms with van der Waals surface area (Å²) in [7, 11) is 0. The average molecular weight is 560 g/mol. The molecule has 5 aromatic rings. The van der Waals surface area contributed by atoms with Gasteiger partial charge in [0.1, 0.15) is 6.54 Å². The topological polar surface area (TPSA) is 91.6 Å². The van der Waals surface area contributed by atoms with Gasteiger partial charge in [0.05, 0.1) is 0 Å². The fourth-order valence-corrected chi connectivity index (χ4v) is 5.36. The summed E-state index contributed by atoms with van der Waals surface area (Å²) >= 11 is 0. The molecule has 5 rings (SSSR count). The fourth-order valence-electron chi connectivity index (χ4n) is 5.36. The monoisotopic (exact) mass is 559 g/mol. The zero-order valence-corrected chi connectivity index (χ0v) is 23.2. The lowest BCUT2D eigenvalue weighted by molar-refractivity contribution is -0.137. The number of amides is 2. The molecular formula is C35H33N3O4. The second kappa shape index (κ2) is 13.5. The van der Waals surface area contributed by atoms with Crippen LogP contribution in [0.15, 0.2) is 121 Å². The number of carbonyl (C=O) groups excluding carboxylic acids is 2. The van der Waals surface area contributed by atoms with E-state index in [0.717, 1.165) is 6.42 Å². The molecule has 0 spiro atoms. The number of hydrogen-bond donors (Lipinski definition) is 2. The second-order valence-corrected chi connectivity index (χ2v) is 10.2. The van der Waals surface area contributed by atoms with E-state index in [9.17, 15) is 19.5 Å². The molecule has 0 radical (unpaired) electrons. The Morgan fingerprint density at radius 1 is 0.738 bits per heavy atom. The van der Waals surface area contributed by atoms with Gasteiger partial charge in [0.25, 0.3) is 11.8 Å². The number of nitrogens with zero attached hydrogens (tertiary/aromatic N) is 2. The summed E-state index contributed by atoms with van der Waals surface area (Å²) < 4.78 is 1.60. The van der Waals surface area contributed by atoms with Crippen LogP contribution in [0.5, 0.6) is 0 Å². The molecule has 0 aliphatic rings. The van der Waals surface area contributed by atoms with Crippen molar-refractivity contribution in [3.05, 3.63) is 144 Å². The van der Waals surface area contributed by atoms with Gasteiger partial charge in [-0.05, 0) is 47.9 Å². The van der Waals surface area contributed by atoms with Crippen LogP contribution in [0, 0.1) is 0 Å². The molecule has 2 amide bonds. The first-order valence-electron chi connectivity index (χ1n) is 14.0. The predicted octanol–water partition coefficient (Wildman–Crippen LogP) is 5.82. The van der Waals surface area contributed by atoms with E-state index < -0.39 is 5.97 Å². The van der Waals surface area contributed by atoms with Crippen molar-refractivity contribution in [3.63, 3.8) is 0 Å². The number of nitrogens with one attached hydrogen (secondary N) is 1. The zero-order valence-electron chi connectivity index (χ0n) is 23.2. The number of carbonyl (C=O) groups is 3. The lowest BCUT2D eigenvalue weighted by Gasteiger charge is -2.26. The van der Waals surface area contributed by atoms with Gasteiger partial charge in [-0.1, -0.05) is 84.9 Å². The van der Waals surface area contributed by atoms with Gasteiger partial charge >= 0.3 is 5.97 Å². The molecule has 4 aromatic carbocycles. The summed E-state index contributed by atoms with van der Waals surface area (Å²) in [4.78, 5) is 39.8. The van der Waals surface area contributed by atoms with Crippen molar-refractivity contribution in [2.75, 3.05) is 19.6 Å². The predicted molar refractivity (Wildman–Crippen MR) is 164 cm³/mol. The Morgan fingerprint density at radius 2 is 1.36 bits per heavy atom. The van der Waals surface area contributed by atoms with Crippen LogP contribution in [0.3, 0.4) is 0 Å². The van der Waals surface area contributed by atoms with Crippen LogP contribution in [0.1, 0.15) is 44.2 Å². The van der Waals surface area contributed by atoms with Crippen LogP contribution >= 0.6 is 0 Å². The molecule has 0 aliphatic carbocycles. The van der Waals surface area contributed by atoms with E-state index in [2.05, 4.69) is 29.6 Å². The van der Waals surface area contributed by atoms with Gasteiger partial charge in [-0.25, -0.2) is 0 Å². The number of aliphatic carboxylic acids is 1. The zero-order chi connectivity index (χ0) is 29.3. The minimum Gasteiger partial charge on any atom is -0.480 e. The normalized spacial score (nSPS) is 11.0. The number of benzene rings is 4. The summed E-state index contributed by atoms with van der Waals surface area (Å²) in [6, 6.07) is 36.8. The van der Waals surface area contributed by atoms with E-state index in [4.69, 9.17) is 0 Å². The van der Waals surface area contributed by atoms with Crippen molar-refractivity contribution in [2.24, 2.45) is 0 Å². The Labute approximate surface area is 245 Å². The number of hydrogen-bond acceptors (Lipinski definition) is 3. The van der Waals surface area contributed by atoms with E-state index >= 15 is 0 Å². The van der Waals surface area contributed by atoms with Gasteiger partial charge in [0.2, 0.25) is 0 Å². The molecule has 0 saturated carbocycles. The third-order valence-corrected chi connectivity index (χ3v) is 7.43. The summed E-state index contributed by atoms with van der Waals surface area (Å²) in [5, 5.41) is 12.8. The summed E-state index contributed by atoms with van der Waals surface area (Å²) in [6.45, 7) is 0.931. The maximum absolute atomic E-state index is 13.6. The highest BCUT2D eigenvalue weighted by molar-refractivity contribution is 6.06. The van der Waals surface area contributed by atoms with E-state index in [1.54, 1.807) is 39.9 Å². The lowest BCUT2D eigenvalue weighted by Crippen LogP contribution is -2.39. The van der Waals surface area contributed by atoms with E-state index in [1.807, 2.05) is 66.7 Å². The van der Waals surface area contributed by atoms with E-state index in [1.165, 1.54) is 11.1 Å². The van der Waals surface area contributed by atoms with Gasteiger partial charge in [-0.15, -0.1) is 0 Å².